The lowest BCUT2D eigenvalue weighted by Gasteiger charge is -2.27. The normalized spacial score (nSPS) is 19.7. The molecule has 2 aliphatic carbocycles. The average Bonchev–Trinajstić information content (AvgIpc) is 3.31. The summed E-state index contributed by atoms with van der Waals surface area (Å²) < 4.78 is 0. The highest BCUT2D eigenvalue weighted by Crippen LogP contribution is 2.25. The Bertz CT molecular complexity index is 464. The third-order valence-electron chi connectivity index (χ3n) is 4.83. The molecular weight excluding hydrogens is 260 g/mol. The van der Waals surface area contributed by atoms with Crippen LogP contribution >= 0.6 is 0 Å². The molecule has 4 nitrogen and oxygen atoms in total. The van der Waals surface area contributed by atoms with Crippen molar-refractivity contribution in [2.75, 3.05) is 18.5 Å². The highest BCUT2D eigenvalue weighted by molar-refractivity contribution is 5.32. The fourth-order valence-electron chi connectivity index (χ4n) is 3.22. The summed E-state index contributed by atoms with van der Waals surface area (Å²) in [6.45, 7) is 4.10. The quantitative estimate of drug-likeness (QED) is 0.873. The summed E-state index contributed by atoms with van der Waals surface area (Å²) in [5.41, 5.74) is 2.35. The number of hydrogen-bond donors (Lipinski definition) is 1. The molecule has 116 valence electrons. The molecule has 2 aliphatic rings. The highest BCUT2D eigenvalue weighted by Gasteiger charge is 2.21. The number of aromatic nitrogens is 2. The maximum atomic E-state index is 4.71. The Kier molecular flexibility index (Phi) is 4.73. The van der Waals surface area contributed by atoms with Crippen molar-refractivity contribution < 1.29 is 0 Å². The predicted molar refractivity (Wildman–Crippen MR) is 86.5 cm³/mol. The van der Waals surface area contributed by atoms with Gasteiger partial charge >= 0.3 is 0 Å². The monoisotopic (exact) mass is 288 g/mol. The predicted octanol–water partition coefficient (Wildman–Crippen LogP) is 3.05. The van der Waals surface area contributed by atoms with Crippen LogP contribution in [0.25, 0.3) is 0 Å². The standard InChI is InChI=1S/C17H28N4/c1-13-15(10-18-16-8-9-16)11-19-17(20-13)21(2)12-14-6-4-3-5-7-14/h11,14,16,18H,3-10,12H2,1-2H3. The summed E-state index contributed by atoms with van der Waals surface area (Å²) >= 11 is 0. The van der Waals surface area contributed by atoms with Crippen molar-refractivity contribution in [3.8, 4) is 0 Å². The van der Waals surface area contributed by atoms with E-state index in [0.29, 0.717) is 0 Å². The van der Waals surface area contributed by atoms with Gasteiger partial charge in [0.2, 0.25) is 5.95 Å². The van der Waals surface area contributed by atoms with E-state index < -0.39 is 0 Å². The van der Waals surface area contributed by atoms with E-state index in [0.717, 1.165) is 36.7 Å². The van der Waals surface area contributed by atoms with Gasteiger partial charge in [0.1, 0.15) is 0 Å². The van der Waals surface area contributed by atoms with E-state index in [1.54, 1.807) is 0 Å². The first-order chi connectivity index (χ1) is 10.2. The Morgan fingerprint density at radius 3 is 2.62 bits per heavy atom. The van der Waals surface area contributed by atoms with Gasteiger partial charge in [-0.25, -0.2) is 9.97 Å². The molecule has 0 radical (unpaired) electrons. The Morgan fingerprint density at radius 1 is 1.19 bits per heavy atom. The van der Waals surface area contributed by atoms with E-state index in [9.17, 15) is 0 Å². The molecule has 0 spiro atoms. The molecule has 0 atom stereocenters. The zero-order valence-electron chi connectivity index (χ0n) is 13.4. The number of rotatable bonds is 6. The van der Waals surface area contributed by atoms with Gasteiger partial charge < -0.3 is 10.2 Å². The number of nitrogens with zero attached hydrogens (tertiary/aromatic N) is 3. The van der Waals surface area contributed by atoms with Gasteiger partial charge in [-0.1, -0.05) is 19.3 Å². The third kappa shape index (κ3) is 4.16. The maximum Gasteiger partial charge on any atom is 0.225 e. The van der Waals surface area contributed by atoms with Crippen LogP contribution in [0.15, 0.2) is 6.20 Å². The second-order valence-electron chi connectivity index (χ2n) is 6.82. The molecule has 0 aliphatic heterocycles. The van der Waals surface area contributed by atoms with Crippen LogP contribution in [0.1, 0.15) is 56.2 Å². The third-order valence-corrected chi connectivity index (χ3v) is 4.83. The van der Waals surface area contributed by atoms with E-state index in [1.165, 1.54) is 50.5 Å². The summed E-state index contributed by atoms with van der Waals surface area (Å²) in [7, 11) is 2.13. The van der Waals surface area contributed by atoms with Gasteiger partial charge in [0.25, 0.3) is 0 Å². The summed E-state index contributed by atoms with van der Waals surface area (Å²) in [5, 5.41) is 3.53. The first-order valence-corrected chi connectivity index (χ1v) is 8.49. The summed E-state index contributed by atoms with van der Waals surface area (Å²) in [5.74, 6) is 1.71. The van der Waals surface area contributed by atoms with Gasteiger partial charge in [0.15, 0.2) is 0 Å². The van der Waals surface area contributed by atoms with Gasteiger partial charge in [0, 0.05) is 43.6 Å². The molecule has 0 bridgehead atoms. The van der Waals surface area contributed by atoms with Crippen molar-refractivity contribution in [3.63, 3.8) is 0 Å². The van der Waals surface area contributed by atoms with Crippen molar-refractivity contribution in [1.29, 1.82) is 0 Å². The Labute approximate surface area is 128 Å². The molecule has 4 heteroatoms. The molecule has 2 saturated carbocycles. The lowest BCUT2D eigenvalue weighted by atomic mass is 9.89. The lowest BCUT2D eigenvalue weighted by molar-refractivity contribution is 0.361. The van der Waals surface area contributed by atoms with E-state index in [2.05, 4.69) is 29.2 Å². The van der Waals surface area contributed by atoms with Crippen molar-refractivity contribution in [2.24, 2.45) is 5.92 Å². The number of aryl methyl sites for hydroxylation is 1. The number of anilines is 1. The summed E-state index contributed by atoms with van der Waals surface area (Å²) in [6.07, 6.45) is 11.6. The molecule has 1 heterocycles. The minimum Gasteiger partial charge on any atom is -0.344 e. The second kappa shape index (κ2) is 6.73. The van der Waals surface area contributed by atoms with Gasteiger partial charge in [-0.15, -0.1) is 0 Å². The van der Waals surface area contributed by atoms with Gasteiger partial charge in [0.05, 0.1) is 0 Å². The minimum atomic E-state index is 0.734. The minimum absolute atomic E-state index is 0.734. The Hall–Kier alpha value is -1.16. The van der Waals surface area contributed by atoms with Crippen molar-refractivity contribution in [2.45, 2.75) is 64.5 Å². The molecule has 1 aromatic heterocycles. The summed E-state index contributed by atoms with van der Waals surface area (Å²) in [6, 6.07) is 0.734. The van der Waals surface area contributed by atoms with E-state index >= 15 is 0 Å². The maximum absolute atomic E-state index is 4.71. The van der Waals surface area contributed by atoms with Crippen LogP contribution in [0, 0.1) is 12.8 Å². The van der Waals surface area contributed by atoms with Crippen LogP contribution in [0.3, 0.4) is 0 Å². The fraction of sp³-hybridized carbons (Fsp3) is 0.765. The van der Waals surface area contributed by atoms with E-state index in [4.69, 9.17) is 4.98 Å². The molecule has 3 rings (SSSR count). The van der Waals surface area contributed by atoms with Crippen LogP contribution in [-0.2, 0) is 6.54 Å². The molecule has 1 N–H and O–H groups in total. The van der Waals surface area contributed by atoms with Crippen molar-refractivity contribution in [1.82, 2.24) is 15.3 Å². The van der Waals surface area contributed by atoms with Crippen molar-refractivity contribution >= 4 is 5.95 Å². The zero-order valence-corrected chi connectivity index (χ0v) is 13.4. The Balaban J connectivity index is 1.57. The topological polar surface area (TPSA) is 41.1 Å². The first kappa shape index (κ1) is 14.8. The number of nitrogens with one attached hydrogen (secondary N) is 1. The molecular formula is C17H28N4. The largest absolute Gasteiger partial charge is 0.344 e. The summed E-state index contributed by atoms with van der Waals surface area (Å²) in [4.78, 5) is 11.5. The molecule has 0 amide bonds. The van der Waals surface area contributed by atoms with Crippen LogP contribution in [0.2, 0.25) is 0 Å². The van der Waals surface area contributed by atoms with Crippen LogP contribution in [-0.4, -0.2) is 29.6 Å². The highest BCUT2D eigenvalue weighted by atomic mass is 15.2. The average molecular weight is 288 g/mol. The first-order valence-electron chi connectivity index (χ1n) is 8.49. The fourth-order valence-corrected chi connectivity index (χ4v) is 3.22. The molecule has 1 aromatic rings. The van der Waals surface area contributed by atoms with Crippen molar-refractivity contribution in [3.05, 3.63) is 17.5 Å². The van der Waals surface area contributed by atoms with E-state index in [1.807, 2.05) is 6.20 Å². The zero-order chi connectivity index (χ0) is 14.7. The smallest absolute Gasteiger partial charge is 0.225 e. The van der Waals surface area contributed by atoms with Crippen LogP contribution < -0.4 is 10.2 Å². The van der Waals surface area contributed by atoms with Crippen LogP contribution in [0.5, 0.6) is 0 Å². The Morgan fingerprint density at radius 2 is 1.95 bits per heavy atom. The van der Waals surface area contributed by atoms with Gasteiger partial charge in [-0.05, 0) is 38.5 Å². The molecule has 0 unspecified atom stereocenters. The molecule has 0 saturated heterocycles. The molecule has 2 fully saturated rings. The molecule has 0 aromatic carbocycles. The number of hydrogen-bond acceptors (Lipinski definition) is 4. The van der Waals surface area contributed by atoms with Gasteiger partial charge in [-0.3, -0.25) is 0 Å². The van der Waals surface area contributed by atoms with E-state index in [-0.39, 0.29) is 0 Å². The lowest BCUT2D eigenvalue weighted by Crippen LogP contribution is -2.28. The van der Waals surface area contributed by atoms with Crippen LogP contribution in [0.4, 0.5) is 5.95 Å². The van der Waals surface area contributed by atoms with Gasteiger partial charge in [-0.2, -0.15) is 0 Å². The SMILES string of the molecule is Cc1nc(N(C)CC2CCCCC2)ncc1CNC1CC1. The second-order valence-corrected chi connectivity index (χ2v) is 6.82. The molecule has 21 heavy (non-hydrogen) atoms.